The third kappa shape index (κ3) is 3.45. The van der Waals surface area contributed by atoms with Crippen LogP contribution in [-0.4, -0.2) is 14.7 Å². The molecule has 0 bridgehead atoms. The first-order chi connectivity index (χ1) is 10.2. The van der Waals surface area contributed by atoms with E-state index in [0.29, 0.717) is 11.5 Å². The summed E-state index contributed by atoms with van der Waals surface area (Å²) in [6.07, 6.45) is 0. The van der Waals surface area contributed by atoms with Gasteiger partial charge in [0.1, 0.15) is 11.5 Å². The minimum Gasteiger partial charge on any atom is -0.507 e. The Morgan fingerprint density at radius 3 is 1.95 bits per heavy atom. The van der Waals surface area contributed by atoms with Gasteiger partial charge < -0.3 is 10.2 Å². The number of benzene rings is 2. The summed E-state index contributed by atoms with van der Waals surface area (Å²) in [5.74, 6) is 0.726. The lowest BCUT2D eigenvalue weighted by Gasteiger charge is -2.28. The van der Waals surface area contributed by atoms with Crippen molar-refractivity contribution < 1.29 is 10.2 Å². The SMILES string of the molecule is C=Ic1cc(C(C)(C)c2cc(C)c(O)c(I)c2)cc(I)c1O. The lowest BCUT2D eigenvalue weighted by Crippen LogP contribution is -2.20. The summed E-state index contributed by atoms with van der Waals surface area (Å²) in [4.78, 5) is 0. The van der Waals surface area contributed by atoms with Gasteiger partial charge in [-0.05, 0) is 87.0 Å². The van der Waals surface area contributed by atoms with Gasteiger partial charge in [0.05, 0.1) is 10.7 Å². The number of aryl methyl sites for hydroxylation is 1. The van der Waals surface area contributed by atoms with Gasteiger partial charge in [0.2, 0.25) is 0 Å². The van der Waals surface area contributed by atoms with E-state index in [1.54, 1.807) is 0 Å². The number of aromatic hydroxyl groups is 2. The maximum absolute atomic E-state index is 10.1. The van der Waals surface area contributed by atoms with Crippen LogP contribution < -0.4 is 0 Å². The van der Waals surface area contributed by atoms with Crippen LogP contribution >= 0.6 is 65.9 Å². The van der Waals surface area contributed by atoms with Crippen LogP contribution in [0.5, 0.6) is 11.5 Å². The normalized spacial score (nSPS) is 11.7. The average Bonchev–Trinajstić information content (AvgIpc) is 2.46. The molecule has 0 fully saturated rings. The maximum atomic E-state index is 10.1. The molecule has 0 aromatic heterocycles. The Morgan fingerprint density at radius 2 is 1.45 bits per heavy atom. The summed E-state index contributed by atoms with van der Waals surface area (Å²) in [6.45, 7) is 6.26. The van der Waals surface area contributed by atoms with Crippen molar-refractivity contribution in [2.24, 2.45) is 0 Å². The summed E-state index contributed by atoms with van der Waals surface area (Å²) in [5, 5.41) is 20.1. The molecule has 0 atom stereocenters. The van der Waals surface area contributed by atoms with E-state index < -0.39 is 20.7 Å². The Bertz CT molecular complexity index is 729. The summed E-state index contributed by atoms with van der Waals surface area (Å²) >= 11 is 3.91. The second kappa shape index (κ2) is 6.92. The third-order valence-corrected chi connectivity index (χ3v) is 7.15. The first-order valence-electron chi connectivity index (χ1n) is 6.59. The molecule has 0 radical (unpaired) electrons. The third-order valence-electron chi connectivity index (χ3n) is 3.86. The fourth-order valence-electron chi connectivity index (χ4n) is 2.29. The van der Waals surface area contributed by atoms with E-state index in [4.69, 9.17) is 0 Å². The predicted molar refractivity (Wildman–Crippen MR) is 118 cm³/mol. The maximum Gasteiger partial charge on any atom is 0.141 e. The first-order valence-corrected chi connectivity index (χ1v) is 11.4. The Morgan fingerprint density at radius 1 is 0.955 bits per heavy atom. The van der Waals surface area contributed by atoms with Crippen LogP contribution in [0.1, 0.15) is 30.5 Å². The van der Waals surface area contributed by atoms with Gasteiger partial charge in [-0.15, -0.1) is 0 Å². The van der Waals surface area contributed by atoms with Crippen molar-refractivity contribution >= 4 is 70.4 Å². The van der Waals surface area contributed by atoms with E-state index in [-0.39, 0.29) is 5.41 Å². The quantitative estimate of drug-likeness (QED) is 0.438. The molecule has 0 saturated heterocycles. The number of rotatable bonds is 3. The van der Waals surface area contributed by atoms with Crippen molar-refractivity contribution in [2.75, 3.05) is 0 Å². The zero-order valence-electron chi connectivity index (χ0n) is 12.5. The summed E-state index contributed by atoms with van der Waals surface area (Å²) in [6, 6.07) is 8.18. The van der Waals surface area contributed by atoms with Crippen LogP contribution in [0.3, 0.4) is 0 Å². The van der Waals surface area contributed by atoms with Gasteiger partial charge in [0.15, 0.2) is 0 Å². The zero-order chi connectivity index (χ0) is 16.7. The van der Waals surface area contributed by atoms with E-state index in [1.807, 2.05) is 25.1 Å². The first kappa shape index (κ1) is 18.4. The second-order valence-electron chi connectivity index (χ2n) is 5.67. The second-order valence-corrected chi connectivity index (χ2v) is 9.92. The van der Waals surface area contributed by atoms with Crippen LogP contribution in [0, 0.1) is 17.6 Å². The fourth-order valence-corrected chi connectivity index (χ4v) is 5.40. The van der Waals surface area contributed by atoms with Crippen molar-refractivity contribution in [2.45, 2.75) is 26.2 Å². The largest absolute Gasteiger partial charge is 0.507 e. The van der Waals surface area contributed by atoms with E-state index in [2.05, 4.69) is 69.6 Å². The standard InChI is InChI=1S/C17H17I3O2/c1-9-5-10(6-12(18)15(9)21)17(2,3)11-7-13(19)16(22)14(8-11)20-4/h5-8,21-22H,4H2,1-3H3. The Kier molecular flexibility index (Phi) is 5.80. The number of phenols is 2. The van der Waals surface area contributed by atoms with Crippen LogP contribution in [0.2, 0.25) is 0 Å². The molecule has 118 valence electrons. The van der Waals surface area contributed by atoms with E-state index >= 15 is 0 Å². The van der Waals surface area contributed by atoms with Crippen molar-refractivity contribution in [1.82, 2.24) is 0 Å². The molecule has 2 aromatic carbocycles. The highest BCUT2D eigenvalue weighted by Crippen LogP contribution is 2.39. The molecule has 0 unspecified atom stereocenters. The minimum absolute atomic E-state index is 0.209. The van der Waals surface area contributed by atoms with Crippen molar-refractivity contribution in [3.05, 3.63) is 51.7 Å². The molecule has 0 saturated carbocycles. The lowest BCUT2D eigenvalue weighted by atomic mass is 9.77. The predicted octanol–water partition coefficient (Wildman–Crippen LogP) is 5.51. The Balaban J connectivity index is 2.64. The van der Waals surface area contributed by atoms with Crippen LogP contribution in [0.15, 0.2) is 24.3 Å². The zero-order valence-corrected chi connectivity index (χ0v) is 19.0. The number of hydrogen-bond donors (Lipinski definition) is 2. The molecule has 2 aromatic rings. The smallest absolute Gasteiger partial charge is 0.141 e. The molecular weight excluding hydrogens is 617 g/mol. The molecular formula is C17H17I3O2. The molecule has 0 aliphatic rings. The van der Waals surface area contributed by atoms with Crippen molar-refractivity contribution in [3.8, 4) is 11.5 Å². The van der Waals surface area contributed by atoms with Gasteiger partial charge in [0, 0.05) is 5.41 Å². The molecule has 0 aliphatic carbocycles. The molecule has 2 N–H and O–H groups in total. The molecule has 0 heterocycles. The van der Waals surface area contributed by atoms with E-state index in [1.165, 1.54) is 0 Å². The number of halogens is 3. The highest BCUT2D eigenvalue weighted by atomic mass is 127. The summed E-state index contributed by atoms with van der Waals surface area (Å²) in [5.41, 5.74) is 2.99. The van der Waals surface area contributed by atoms with E-state index in [9.17, 15) is 10.2 Å². The van der Waals surface area contributed by atoms with Gasteiger partial charge in [-0.25, -0.2) is 0 Å². The lowest BCUT2D eigenvalue weighted by molar-refractivity contribution is 0.465. The van der Waals surface area contributed by atoms with Gasteiger partial charge in [0.25, 0.3) is 0 Å². The van der Waals surface area contributed by atoms with Crippen LogP contribution in [0.4, 0.5) is 0 Å². The molecule has 5 heteroatoms. The van der Waals surface area contributed by atoms with Crippen LogP contribution in [-0.2, 0) is 5.41 Å². The number of phenolic OH excluding ortho intramolecular Hbond substituents is 2. The van der Waals surface area contributed by atoms with Crippen molar-refractivity contribution in [1.29, 1.82) is 0 Å². The fraction of sp³-hybridized carbons (Fsp3) is 0.235. The topological polar surface area (TPSA) is 40.5 Å². The van der Waals surface area contributed by atoms with Gasteiger partial charge in [-0.3, -0.25) is 0 Å². The van der Waals surface area contributed by atoms with Gasteiger partial charge in [-0.1, -0.05) is 45.2 Å². The summed E-state index contributed by atoms with van der Waals surface area (Å²) < 4.78 is 6.70. The summed E-state index contributed by atoms with van der Waals surface area (Å²) in [7, 11) is 0. The number of hydrogen-bond acceptors (Lipinski definition) is 2. The Hall–Kier alpha value is 0.1000. The highest BCUT2D eigenvalue weighted by molar-refractivity contribution is 14.2. The molecule has 22 heavy (non-hydrogen) atoms. The Labute approximate surface area is 168 Å². The monoisotopic (exact) mass is 634 g/mol. The minimum atomic E-state index is -0.429. The van der Waals surface area contributed by atoms with Crippen molar-refractivity contribution in [3.63, 3.8) is 0 Å². The molecule has 0 amide bonds. The molecule has 0 spiro atoms. The molecule has 2 rings (SSSR count). The average molecular weight is 634 g/mol. The van der Waals surface area contributed by atoms with Gasteiger partial charge >= 0.3 is 0 Å². The molecule has 0 aliphatic heterocycles. The molecule has 2 nitrogen and oxygen atoms in total. The van der Waals surface area contributed by atoms with E-state index in [0.717, 1.165) is 27.4 Å². The van der Waals surface area contributed by atoms with Gasteiger partial charge in [-0.2, -0.15) is 0 Å². The highest BCUT2D eigenvalue weighted by Gasteiger charge is 2.26. The van der Waals surface area contributed by atoms with Crippen LogP contribution in [0.25, 0.3) is 0 Å².